The molecular formula is C25H32N4O8S2. The molecule has 2 N–H and O–H groups in total. The fourth-order valence-corrected chi connectivity index (χ4v) is 5.31. The first-order valence-electron chi connectivity index (χ1n) is 12.0. The van der Waals surface area contributed by atoms with Gasteiger partial charge < -0.3 is 19.5 Å². The zero-order chi connectivity index (χ0) is 29.1. The number of β-lactam (4-membered cyclic amide) rings is 1. The van der Waals surface area contributed by atoms with Crippen LogP contribution in [0.2, 0.25) is 0 Å². The van der Waals surface area contributed by atoms with Crippen molar-refractivity contribution in [2.24, 2.45) is 5.41 Å². The van der Waals surface area contributed by atoms with Crippen LogP contribution in [-0.4, -0.2) is 69.3 Å². The molecule has 2 aliphatic heterocycles. The summed E-state index contributed by atoms with van der Waals surface area (Å²) in [5.74, 6) is -1.93. The maximum Gasteiger partial charge on any atom is 0.413 e. The van der Waals surface area contributed by atoms with Gasteiger partial charge in [0.25, 0.3) is 11.8 Å². The lowest BCUT2D eigenvalue weighted by Gasteiger charge is -2.48. The first-order chi connectivity index (χ1) is 18.1. The second-order valence-corrected chi connectivity index (χ2v) is 12.6. The summed E-state index contributed by atoms with van der Waals surface area (Å²) >= 11 is 2.50. The maximum absolute atomic E-state index is 13.1. The summed E-state index contributed by atoms with van der Waals surface area (Å²) < 4.78 is 15.2. The summed E-state index contributed by atoms with van der Waals surface area (Å²) in [6.07, 6.45) is 2.44. The Morgan fingerprint density at radius 3 is 2.46 bits per heavy atom. The van der Waals surface area contributed by atoms with Crippen LogP contribution in [0.3, 0.4) is 0 Å². The lowest BCUT2D eigenvalue weighted by atomic mass is 9.98. The molecule has 2 aliphatic rings. The molecule has 0 saturated carbocycles. The quantitative estimate of drug-likeness (QED) is 0.213. The largest absolute Gasteiger partial charge is 0.444 e. The number of carbonyl (C=O) groups is 5. The second kappa shape index (κ2) is 11.8. The van der Waals surface area contributed by atoms with E-state index in [0.717, 1.165) is 11.3 Å². The highest BCUT2D eigenvalue weighted by Crippen LogP contribution is 2.38. The standard InChI is InChI=1S/C25H32N4O8S2/c1-8-13(14-11-39-22(26-14)28-23(34)37-25(5,6)7)17(30)27-16-18(31)29-15(9-10-38-19(16)29)20(32)35-12-36-21(33)24(2,3)4/h8-9,11,16,19H,10,12H2,1-7H3,(H,27,30)(H,26,28,34)/b13-8-. The maximum atomic E-state index is 13.1. The van der Waals surface area contributed by atoms with E-state index in [1.807, 2.05) is 0 Å². The molecule has 2 unspecified atom stereocenters. The minimum absolute atomic E-state index is 0.0321. The normalized spacial score (nSPS) is 19.3. The Hall–Kier alpha value is -3.39. The zero-order valence-electron chi connectivity index (χ0n) is 22.8. The van der Waals surface area contributed by atoms with Crippen LogP contribution in [-0.2, 0) is 33.4 Å². The summed E-state index contributed by atoms with van der Waals surface area (Å²) in [6.45, 7) is 11.3. The number of thiazole rings is 1. The Bertz CT molecular complexity index is 1230. The Labute approximate surface area is 234 Å². The van der Waals surface area contributed by atoms with Gasteiger partial charge in [0.1, 0.15) is 22.7 Å². The van der Waals surface area contributed by atoms with Gasteiger partial charge in [0.2, 0.25) is 6.79 Å². The van der Waals surface area contributed by atoms with Crippen LogP contribution >= 0.6 is 23.1 Å². The number of rotatable bonds is 7. The van der Waals surface area contributed by atoms with Gasteiger partial charge in [-0.05, 0) is 54.5 Å². The van der Waals surface area contributed by atoms with Crippen LogP contribution in [0, 0.1) is 5.41 Å². The number of allylic oxidation sites excluding steroid dienone is 1. The number of hydrogen-bond acceptors (Lipinski definition) is 11. The molecule has 2 atom stereocenters. The average Bonchev–Trinajstić information content (AvgIpc) is 3.27. The van der Waals surface area contributed by atoms with E-state index in [0.29, 0.717) is 11.4 Å². The second-order valence-electron chi connectivity index (χ2n) is 10.6. The predicted octanol–water partition coefficient (Wildman–Crippen LogP) is 3.27. The smallest absolute Gasteiger partial charge is 0.413 e. The van der Waals surface area contributed by atoms with E-state index >= 15 is 0 Å². The van der Waals surface area contributed by atoms with Crippen LogP contribution in [0.1, 0.15) is 54.2 Å². The molecule has 1 aromatic heterocycles. The summed E-state index contributed by atoms with van der Waals surface area (Å²) in [5, 5.41) is 6.60. The minimum Gasteiger partial charge on any atom is -0.444 e. The number of thioether (sulfide) groups is 1. The molecule has 0 aromatic carbocycles. The summed E-state index contributed by atoms with van der Waals surface area (Å²) in [7, 11) is 0. The van der Waals surface area contributed by atoms with E-state index in [1.54, 1.807) is 66.0 Å². The third kappa shape index (κ3) is 7.38. The van der Waals surface area contributed by atoms with Crippen molar-refractivity contribution in [1.29, 1.82) is 0 Å². The molecular weight excluding hydrogens is 548 g/mol. The van der Waals surface area contributed by atoms with Crippen molar-refractivity contribution in [2.45, 2.75) is 65.5 Å². The van der Waals surface area contributed by atoms with Gasteiger partial charge in [0.05, 0.1) is 16.7 Å². The van der Waals surface area contributed by atoms with Gasteiger partial charge in [-0.3, -0.25) is 24.6 Å². The monoisotopic (exact) mass is 580 g/mol. The van der Waals surface area contributed by atoms with Crippen molar-refractivity contribution in [3.63, 3.8) is 0 Å². The number of nitrogens with one attached hydrogen (secondary N) is 2. The Kier molecular flexibility index (Phi) is 9.11. The number of hydrogen-bond donors (Lipinski definition) is 2. The first-order valence-corrected chi connectivity index (χ1v) is 14.0. The molecule has 39 heavy (non-hydrogen) atoms. The Balaban J connectivity index is 1.58. The van der Waals surface area contributed by atoms with Crippen molar-refractivity contribution in [2.75, 3.05) is 17.9 Å². The molecule has 14 heteroatoms. The number of fused-ring (bicyclic) bond motifs is 1. The van der Waals surface area contributed by atoms with Crippen molar-refractivity contribution < 1.29 is 38.2 Å². The van der Waals surface area contributed by atoms with Crippen molar-refractivity contribution in [1.82, 2.24) is 15.2 Å². The molecule has 0 aliphatic carbocycles. The van der Waals surface area contributed by atoms with Gasteiger partial charge in [0, 0.05) is 11.1 Å². The van der Waals surface area contributed by atoms with Gasteiger partial charge >= 0.3 is 18.0 Å². The fraction of sp³-hybridized carbons (Fsp3) is 0.520. The van der Waals surface area contributed by atoms with Crippen LogP contribution < -0.4 is 10.6 Å². The van der Waals surface area contributed by atoms with E-state index in [1.165, 1.54) is 16.7 Å². The molecule has 0 spiro atoms. The Morgan fingerprint density at radius 2 is 1.85 bits per heavy atom. The Morgan fingerprint density at radius 1 is 1.15 bits per heavy atom. The topological polar surface area (TPSA) is 153 Å². The van der Waals surface area contributed by atoms with E-state index < -0.39 is 59.1 Å². The minimum atomic E-state index is -0.870. The third-order valence-corrected chi connectivity index (χ3v) is 7.20. The molecule has 212 valence electrons. The van der Waals surface area contributed by atoms with Crippen molar-refractivity contribution >= 4 is 63.6 Å². The molecule has 0 radical (unpaired) electrons. The van der Waals surface area contributed by atoms with Gasteiger partial charge in [0.15, 0.2) is 5.13 Å². The number of ether oxygens (including phenoxy) is 3. The lowest BCUT2D eigenvalue weighted by molar-refractivity contribution is -0.173. The molecule has 1 fully saturated rings. The van der Waals surface area contributed by atoms with Gasteiger partial charge in [-0.2, -0.15) is 0 Å². The SMILES string of the molecule is C/C=C(\C(=O)NC1C(=O)N2C(C(=O)OCOC(=O)C(C)(C)C)=CCSC12)c1csc(NC(=O)OC(C)(C)C)n1. The molecule has 3 heterocycles. The zero-order valence-corrected chi connectivity index (χ0v) is 24.4. The van der Waals surface area contributed by atoms with Gasteiger partial charge in [-0.15, -0.1) is 23.1 Å². The van der Waals surface area contributed by atoms with Crippen molar-refractivity contribution in [3.8, 4) is 0 Å². The number of aromatic nitrogens is 1. The number of carbonyl (C=O) groups excluding carboxylic acids is 5. The predicted molar refractivity (Wildman–Crippen MR) is 145 cm³/mol. The van der Waals surface area contributed by atoms with Gasteiger partial charge in [-0.25, -0.2) is 14.6 Å². The van der Waals surface area contributed by atoms with Gasteiger partial charge in [-0.1, -0.05) is 6.08 Å². The fourth-order valence-electron chi connectivity index (χ4n) is 3.42. The number of nitrogens with zero attached hydrogens (tertiary/aromatic N) is 2. The van der Waals surface area contributed by atoms with Crippen molar-refractivity contribution in [3.05, 3.63) is 28.9 Å². The lowest BCUT2D eigenvalue weighted by Crippen LogP contribution is -2.70. The third-order valence-electron chi connectivity index (χ3n) is 5.26. The van der Waals surface area contributed by atoms with E-state index in [2.05, 4.69) is 15.6 Å². The summed E-state index contributed by atoms with van der Waals surface area (Å²) in [6, 6.07) is -0.870. The van der Waals surface area contributed by atoms with E-state index in [9.17, 15) is 24.0 Å². The molecule has 1 aromatic rings. The highest BCUT2D eigenvalue weighted by Gasteiger charge is 2.53. The molecule has 12 nitrogen and oxygen atoms in total. The van der Waals surface area contributed by atoms with Crippen LogP contribution in [0.4, 0.5) is 9.93 Å². The summed E-state index contributed by atoms with van der Waals surface area (Å²) in [4.78, 5) is 67.9. The first kappa shape index (κ1) is 30.2. The number of amides is 3. The molecule has 0 bridgehead atoms. The van der Waals surface area contributed by atoms with E-state index in [4.69, 9.17) is 14.2 Å². The van der Waals surface area contributed by atoms with E-state index in [-0.39, 0.29) is 16.4 Å². The van der Waals surface area contributed by atoms with Crippen LogP contribution in [0.15, 0.2) is 23.2 Å². The highest BCUT2D eigenvalue weighted by molar-refractivity contribution is 8.00. The number of esters is 2. The molecule has 3 amide bonds. The highest BCUT2D eigenvalue weighted by atomic mass is 32.2. The van der Waals surface area contributed by atoms with Crippen LogP contribution in [0.5, 0.6) is 0 Å². The van der Waals surface area contributed by atoms with Crippen LogP contribution in [0.25, 0.3) is 5.57 Å². The number of anilines is 1. The average molecular weight is 581 g/mol. The molecule has 1 saturated heterocycles. The molecule has 3 rings (SSSR count). The summed E-state index contributed by atoms with van der Waals surface area (Å²) in [5.41, 5.74) is -0.863.